The Balaban J connectivity index is 2.31. The summed E-state index contributed by atoms with van der Waals surface area (Å²) in [7, 11) is 0. The van der Waals surface area contributed by atoms with Crippen molar-refractivity contribution in [3.8, 4) is 0 Å². The van der Waals surface area contributed by atoms with E-state index < -0.39 is 5.97 Å². The Morgan fingerprint density at radius 2 is 1.39 bits per heavy atom. The number of benzene rings is 1. The van der Waals surface area contributed by atoms with Crippen LogP contribution in [0.1, 0.15) is 91.2 Å². The molecule has 28 heavy (non-hydrogen) atoms. The molecule has 2 atom stereocenters. The van der Waals surface area contributed by atoms with Gasteiger partial charge in [-0.2, -0.15) is 0 Å². The molecule has 1 aromatic carbocycles. The highest BCUT2D eigenvalue weighted by Crippen LogP contribution is 2.40. The molecule has 158 valence electrons. The maximum absolute atomic E-state index is 11.1. The van der Waals surface area contributed by atoms with E-state index in [2.05, 4.69) is 59.7 Å². The minimum Gasteiger partial charge on any atom is -0.481 e. The minimum absolute atomic E-state index is 0.120. The van der Waals surface area contributed by atoms with Gasteiger partial charge in [-0.1, -0.05) is 73.3 Å². The number of rotatable bonds is 5. The summed E-state index contributed by atoms with van der Waals surface area (Å²) in [5.41, 5.74) is 3.02. The van der Waals surface area contributed by atoms with Crippen molar-refractivity contribution in [3.63, 3.8) is 0 Å². The number of carboxylic acids is 1. The fourth-order valence-electron chi connectivity index (χ4n) is 3.63. The van der Waals surface area contributed by atoms with Gasteiger partial charge >= 0.3 is 5.97 Å². The zero-order valence-corrected chi connectivity index (χ0v) is 20.1. The number of hydrogen-bond donors (Lipinski definition) is 1. The van der Waals surface area contributed by atoms with Crippen LogP contribution < -0.4 is 0 Å². The Labute approximate surface area is 180 Å². The molecule has 4 heteroatoms. The average molecular weight is 423 g/mol. The highest BCUT2D eigenvalue weighted by Gasteiger charge is 2.27. The van der Waals surface area contributed by atoms with Crippen LogP contribution in [0.3, 0.4) is 0 Å². The maximum Gasteiger partial charge on any atom is 0.313 e. The highest BCUT2D eigenvalue weighted by molar-refractivity contribution is 8.04. The fraction of sp³-hybridized carbons (Fsp3) is 0.708. The lowest BCUT2D eigenvalue weighted by Crippen LogP contribution is -2.24. The van der Waals surface area contributed by atoms with Crippen LogP contribution >= 0.6 is 23.5 Å². The number of aliphatic carboxylic acids is 1. The Morgan fingerprint density at radius 1 is 0.893 bits per heavy atom. The van der Waals surface area contributed by atoms with E-state index in [0.717, 1.165) is 6.42 Å². The second-order valence-corrected chi connectivity index (χ2v) is 12.7. The van der Waals surface area contributed by atoms with Crippen molar-refractivity contribution in [2.45, 2.75) is 106 Å². The van der Waals surface area contributed by atoms with Crippen LogP contribution in [-0.2, 0) is 15.6 Å². The molecule has 1 saturated carbocycles. The largest absolute Gasteiger partial charge is 0.481 e. The van der Waals surface area contributed by atoms with Gasteiger partial charge < -0.3 is 5.11 Å². The molecule has 0 bridgehead atoms. The quantitative estimate of drug-likeness (QED) is 0.541. The van der Waals surface area contributed by atoms with E-state index in [4.69, 9.17) is 0 Å². The van der Waals surface area contributed by atoms with Gasteiger partial charge in [0.05, 0.1) is 5.75 Å². The molecule has 2 rings (SSSR count). The van der Waals surface area contributed by atoms with Crippen LogP contribution in [0.2, 0.25) is 0 Å². The van der Waals surface area contributed by atoms with Crippen LogP contribution in [0.4, 0.5) is 0 Å². The van der Waals surface area contributed by atoms with Crippen molar-refractivity contribution in [1.82, 2.24) is 0 Å². The highest BCUT2D eigenvalue weighted by atomic mass is 32.2. The molecule has 1 aliphatic carbocycles. The van der Waals surface area contributed by atoms with Gasteiger partial charge in [0, 0.05) is 15.4 Å². The zero-order chi connectivity index (χ0) is 20.9. The first-order chi connectivity index (χ1) is 13.0. The van der Waals surface area contributed by atoms with Crippen LogP contribution in [0, 0.1) is 0 Å². The summed E-state index contributed by atoms with van der Waals surface area (Å²) < 4.78 is 0. The topological polar surface area (TPSA) is 37.3 Å². The summed E-state index contributed by atoms with van der Waals surface area (Å²) in [4.78, 5) is 12.5. The second kappa shape index (κ2) is 9.93. The first-order valence-electron chi connectivity index (χ1n) is 10.6. The Hall–Kier alpha value is -0.610. The summed E-state index contributed by atoms with van der Waals surface area (Å²) in [5.74, 6) is -0.475. The molecular weight excluding hydrogens is 384 g/mol. The molecule has 0 radical (unpaired) electrons. The third-order valence-corrected chi connectivity index (χ3v) is 8.44. The monoisotopic (exact) mass is 422 g/mol. The van der Waals surface area contributed by atoms with Crippen molar-refractivity contribution in [2.24, 2.45) is 0 Å². The third kappa shape index (κ3) is 7.33. The van der Waals surface area contributed by atoms with Crippen molar-refractivity contribution in [1.29, 1.82) is 0 Å². The predicted octanol–water partition coefficient (Wildman–Crippen LogP) is 7.28. The van der Waals surface area contributed by atoms with E-state index in [0.29, 0.717) is 10.5 Å². The lowest BCUT2D eigenvalue weighted by atomic mass is 9.81. The molecule has 2 nitrogen and oxygen atoms in total. The lowest BCUT2D eigenvalue weighted by Gasteiger charge is -2.30. The first-order valence-corrected chi connectivity index (χ1v) is 12.6. The Bertz CT molecular complexity index is 623. The van der Waals surface area contributed by atoms with E-state index in [9.17, 15) is 9.90 Å². The smallest absolute Gasteiger partial charge is 0.313 e. The molecule has 2 unspecified atom stereocenters. The summed E-state index contributed by atoms with van der Waals surface area (Å²) in [6.07, 6.45) is 7.40. The Morgan fingerprint density at radius 3 is 1.86 bits per heavy atom. The third-order valence-electron chi connectivity index (χ3n) is 5.49. The Kier molecular flexibility index (Phi) is 8.39. The van der Waals surface area contributed by atoms with Crippen LogP contribution in [0.25, 0.3) is 0 Å². The molecule has 0 spiro atoms. The summed E-state index contributed by atoms with van der Waals surface area (Å²) in [5, 5.41) is 10.1. The molecule has 0 amide bonds. The van der Waals surface area contributed by atoms with Gasteiger partial charge in [0.25, 0.3) is 0 Å². The van der Waals surface area contributed by atoms with Crippen LogP contribution in [0.5, 0.6) is 0 Å². The van der Waals surface area contributed by atoms with Gasteiger partial charge in [-0.15, -0.1) is 23.5 Å². The summed E-state index contributed by atoms with van der Waals surface area (Å²) in [6, 6.07) is 7.12. The molecule has 1 N–H and O–H groups in total. The average Bonchev–Trinajstić information content (AvgIpc) is 2.55. The molecule has 0 heterocycles. The number of carboxylic acid groups (broad SMARTS) is 1. The minimum atomic E-state index is -0.694. The first kappa shape index (κ1) is 23.7. The van der Waals surface area contributed by atoms with Crippen molar-refractivity contribution in [2.75, 3.05) is 5.75 Å². The maximum atomic E-state index is 11.1. The van der Waals surface area contributed by atoms with Crippen molar-refractivity contribution < 1.29 is 9.90 Å². The molecule has 0 aliphatic heterocycles. The summed E-state index contributed by atoms with van der Waals surface area (Å²) in [6.45, 7) is 13.7. The van der Waals surface area contributed by atoms with Gasteiger partial charge in [-0.25, -0.2) is 0 Å². The van der Waals surface area contributed by atoms with E-state index >= 15 is 0 Å². The standard InChI is InChI=1S/C24H38O2S2/c1-23(2,3)17-13-18(24(4,5)6)15-19(14-17)28-21-12-10-8-7-9-11-20(21)27-16-22(25)26/h13-15,20-21H,7-12,16H2,1-6H3,(H,25,26). The van der Waals surface area contributed by atoms with Gasteiger partial charge in [0.1, 0.15) is 0 Å². The van der Waals surface area contributed by atoms with E-state index in [1.807, 2.05) is 11.8 Å². The molecule has 1 aliphatic rings. The van der Waals surface area contributed by atoms with Gasteiger partial charge in [-0.3, -0.25) is 4.79 Å². The summed E-state index contributed by atoms with van der Waals surface area (Å²) >= 11 is 3.65. The molecule has 0 aromatic heterocycles. The number of carbonyl (C=O) groups is 1. The fourth-order valence-corrected chi connectivity index (χ4v) is 6.38. The molecule has 1 aromatic rings. The molecule has 0 saturated heterocycles. The van der Waals surface area contributed by atoms with E-state index in [-0.39, 0.29) is 16.6 Å². The lowest BCUT2D eigenvalue weighted by molar-refractivity contribution is -0.133. The second-order valence-electron chi connectivity index (χ2n) is 10.1. The van der Waals surface area contributed by atoms with Crippen LogP contribution in [0.15, 0.2) is 23.1 Å². The number of thioether (sulfide) groups is 2. The van der Waals surface area contributed by atoms with E-state index in [1.54, 1.807) is 11.8 Å². The van der Waals surface area contributed by atoms with Gasteiger partial charge in [0.2, 0.25) is 0 Å². The van der Waals surface area contributed by atoms with Crippen molar-refractivity contribution >= 4 is 29.5 Å². The van der Waals surface area contributed by atoms with Crippen molar-refractivity contribution in [3.05, 3.63) is 29.3 Å². The van der Waals surface area contributed by atoms with E-state index in [1.165, 1.54) is 48.1 Å². The van der Waals surface area contributed by atoms with Crippen LogP contribution in [-0.4, -0.2) is 27.3 Å². The normalized spacial score (nSPS) is 21.8. The van der Waals surface area contributed by atoms with Gasteiger partial charge in [-0.05, 0) is 46.9 Å². The van der Waals surface area contributed by atoms with Gasteiger partial charge in [0.15, 0.2) is 0 Å². The SMILES string of the molecule is CC(C)(C)c1cc(SC2CCCCCCC2SCC(=O)O)cc(C(C)(C)C)c1. The number of hydrogen-bond acceptors (Lipinski definition) is 3. The zero-order valence-electron chi connectivity index (χ0n) is 18.5. The predicted molar refractivity (Wildman–Crippen MR) is 125 cm³/mol. The molecular formula is C24H38O2S2. The molecule has 1 fully saturated rings.